The number of aliphatic hydroxyl groups is 1. The molecular weight excluding hydrogens is 374 g/mol. The van der Waals surface area contributed by atoms with E-state index in [2.05, 4.69) is 15.9 Å². The molecule has 7 heteroatoms. The van der Waals surface area contributed by atoms with Crippen molar-refractivity contribution in [3.05, 3.63) is 14.7 Å². The smallest absolute Gasteiger partial charge is 0.245 e. The van der Waals surface area contributed by atoms with Crippen molar-refractivity contribution in [2.75, 3.05) is 6.54 Å². The molecule has 1 aliphatic rings. The molecule has 0 bridgehead atoms. The number of hydrogen-bond donors (Lipinski definition) is 1. The van der Waals surface area contributed by atoms with E-state index in [0.717, 1.165) is 25.7 Å². The second-order valence-electron chi connectivity index (χ2n) is 5.92. The van der Waals surface area contributed by atoms with Crippen molar-refractivity contribution in [2.24, 2.45) is 5.92 Å². The van der Waals surface area contributed by atoms with Crippen LogP contribution in [0.4, 0.5) is 0 Å². The number of aliphatic hydroxyl groups excluding tert-OH is 1. The van der Waals surface area contributed by atoms with E-state index < -0.39 is 10.0 Å². The molecule has 21 heavy (non-hydrogen) atoms. The van der Waals surface area contributed by atoms with Gasteiger partial charge in [-0.3, -0.25) is 0 Å². The van der Waals surface area contributed by atoms with Gasteiger partial charge in [0.1, 0.15) is 4.90 Å². The van der Waals surface area contributed by atoms with E-state index in [1.165, 1.54) is 11.3 Å². The number of halogens is 1. The van der Waals surface area contributed by atoms with E-state index in [9.17, 15) is 13.5 Å². The molecule has 120 valence electrons. The van der Waals surface area contributed by atoms with Crippen molar-refractivity contribution in [1.82, 2.24) is 4.31 Å². The van der Waals surface area contributed by atoms with Gasteiger partial charge in [0.25, 0.3) is 0 Å². The highest BCUT2D eigenvalue weighted by molar-refractivity contribution is 9.11. The zero-order valence-electron chi connectivity index (χ0n) is 12.4. The van der Waals surface area contributed by atoms with Crippen LogP contribution >= 0.6 is 27.3 Å². The molecule has 4 nitrogen and oxygen atoms in total. The van der Waals surface area contributed by atoms with Gasteiger partial charge in [-0.15, -0.1) is 11.3 Å². The Bertz CT molecular complexity index is 577. The molecule has 2 rings (SSSR count). The summed E-state index contributed by atoms with van der Waals surface area (Å²) in [6.07, 6.45) is 4.09. The summed E-state index contributed by atoms with van der Waals surface area (Å²) in [5.74, 6) is 0.287. The lowest BCUT2D eigenvalue weighted by Crippen LogP contribution is -2.41. The van der Waals surface area contributed by atoms with Crippen molar-refractivity contribution in [3.63, 3.8) is 0 Å². The Labute approximate surface area is 139 Å². The molecule has 0 amide bonds. The zero-order valence-corrected chi connectivity index (χ0v) is 15.6. The van der Waals surface area contributed by atoms with E-state index in [0.29, 0.717) is 20.1 Å². The van der Waals surface area contributed by atoms with Gasteiger partial charge in [-0.25, -0.2) is 8.42 Å². The van der Waals surface area contributed by atoms with E-state index in [1.54, 1.807) is 10.4 Å². The lowest BCUT2D eigenvalue weighted by molar-refractivity contribution is 0.285. The zero-order chi connectivity index (χ0) is 15.6. The summed E-state index contributed by atoms with van der Waals surface area (Å²) in [6, 6.07) is 1.70. The molecule has 0 atom stereocenters. The second kappa shape index (κ2) is 7.08. The molecule has 0 unspecified atom stereocenters. The Morgan fingerprint density at radius 1 is 1.43 bits per heavy atom. The van der Waals surface area contributed by atoms with Crippen LogP contribution in [0.5, 0.6) is 0 Å². The summed E-state index contributed by atoms with van der Waals surface area (Å²) >= 11 is 4.62. The van der Waals surface area contributed by atoms with Crippen LogP contribution in [0.3, 0.4) is 0 Å². The van der Waals surface area contributed by atoms with Crippen molar-refractivity contribution < 1.29 is 13.5 Å². The fraction of sp³-hybridized carbons (Fsp3) is 0.714. The predicted molar refractivity (Wildman–Crippen MR) is 88.9 cm³/mol. The third-order valence-corrected chi connectivity index (χ3v) is 7.88. The maximum atomic E-state index is 13.0. The van der Waals surface area contributed by atoms with Gasteiger partial charge in [-0.05, 0) is 40.8 Å². The van der Waals surface area contributed by atoms with Gasteiger partial charge >= 0.3 is 0 Å². The molecule has 1 aliphatic carbocycles. The van der Waals surface area contributed by atoms with Gasteiger partial charge in [-0.2, -0.15) is 4.31 Å². The number of hydrogen-bond acceptors (Lipinski definition) is 4. The first-order valence-corrected chi connectivity index (χ1v) is 10.3. The van der Waals surface area contributed by atoms with Gasteiger partial charge in [0.2, 0.25) is 10.0 Å². The lowest BCUT2D eigenvalue weighted by Gasteiger charge is -2.29. The minimum atomic E-state index is -3.51. The third-order valence-electron chi connectivity index (χ3n) is 3.73. The fourth-order valence-corrected chi connectivity index (χ4v) is 7.12. The highest BCUT2D eigenvalue weighted by Crippen LogP contribution is 2.36. The minimum absolute atomic E-state index is 0.113. The Morgan fingerprint density at radius 2 is 2.05 bits per heavy atom. The maximum absolute atomic E-state index is 13.0. The van der Waals surface area contributed by atoms with Crippen LogP contribution in [-0.4, -0.2) is 30.4 Å². The number of sulfonamides is 1. The molecule has 0 aromatic carbocycles. The van der Waals surface area contributed by atoms with Crippen LogP contribution in [0.15, 0.2) is 14.7 Å². The van der Waals surface area contributed by atoms with Crippen molar-refractivity contribution in [1.29, 1.82) is 0 Å². The molecule has 1 aromatic rings. The summed E-state index contributed by atoms with van der Waals surface area (Å²) < 4.78 is 28.3. The summed E-state index contributed by atoms with van der Waals surface area (Å²) in [5.41, 5.74) is 0. The van der Waals surface area contributed by atoms with E-state index >= 15 is 0 Å². The van der Waals surface area contributed by atoms with E-state index in [1.807, 2.05) is 13.8 Å². The predicted octanol–water partition coefficient (Wildman–Crippen LogP) is 3.59. The monoisotopic (exact) mass is 395 g/mol. The Morgan fingerprint density at radius 3 is 2.52 bits per heavy atom. The number of thiophene rings is 1. The first-order chi connectivity index (χ1) is 9.86. The SMILES string of the molecule is CC(C)CN(C1CCCC1)S(=O)(=O)c1cc(CO)sc1Br. The molecule has 0 radical (unpaired) electrons. The normalized spacial score (nSPS) is 17.2. The van der Waals surface area contributed by atoms with Gasteiger partial charge < -0.3 is 5.11 Å². The fourth-order valence-electron chi connectivity index (χ4n) is 2.77. The van der Waals surface area contributed by atoms with Crippen LogP contribution in [0.2, 0.25) is 0 Å². The third kappa shape index (κ3) is 3.88. The van der Waals surface area contributed by atoms with Crippen molar-refractivity contribution >= 4 is 37.3 Å². The van der Waals surface area contributed by atoms with Gasteiger partial charge in [0.05, 0.1) is 10.4 Å². The van der Waals surface area contributed by atoms with Gasteiger partial charge in [-0.1, -0.05) is 26.7 Å². The molecule has 1 fully saturated rings. The Balaban J connectivity index is 2.38. The molecule has 1 N–H and O–H groups in total. The van der Waals surface area contributed by atoms with Gasteiger partial charge in [0.15, 0.2) is 0 Å². The molecule has 1 aromatic heterocycles. The summed E-state index contributed by atoms with van der Waals surface area (Å²) in [6.45, 7) is 4.49. The van der Waals surface area contributed by atoms with Crippen LogP contribution in [0, 0.1) is 5.92 Å². The molecule has 0 aliphatic heterocycles. The lowest BCUT2D eigenvalue weighted by atomic mass is 10.2. The second-order valence-corrected chi connectivity index (χ2v) is 10.2. The van der Waals surface area contributed by atoms with E-state index in [-0.39, 0.29) is 18.6 Å². The molecule has 1 saturated carbocycles. The highest BCUT2D eigenvalue weighted by Gasteiger charge is 2.35. The summed E-state index contributed by atoms with van der Waals surface area (Å²) in [4.78, 5) is 0.959. The highest BCUT2D eigenvalue weighted by atomic mass is 79.9. The number of rotatable bonds is 6. The summed E-state index contributed by atoms with van der Waals surface area (Å²) in [7, 11) is -3.51. The van der Waals surface area contributed by atoms with Crippen LogP contribution in [0.25, 0.3) is 0 Å². The van der Waals surface area contributed by atoms with Crippen molar-refractivity contribution in [2.45, 2.75) is 57.1 Å². The standard InChI is InChI=1S/C14H22BrNO3S2/c1-10(2)8-16(11-5-3-4-6-11)21(18,19)13-7-12(9-17)20-14(13)15/h7,10-11,17H,3-6,8-9H2,1-2H3. The Kier molecular flexibility index (Phi) is 5.87. The largest absolute Gasteiger partial charge is 0.391 e. The van der Waals surface area contributed by atoms with Gasteiger partial charge in [0, 0.05) is 17.5 Å². The van der Waals surface area contributed by atoms with Crippen LogP contribution < -0.4 is 0 Å². The quantitative estimate of drug-likeness (QED) is 0.800. The van der Waals surface area contributed by atoms with E-state index in [4.69, 9.17) is 0 Å². The van der Waals surface area contributed by atoms with Crippen LogP contribution in [-0.2, 0) is 16.6 Å². The number of nitrogens with zero attached hydrogens (tertiary/aromatic N) is 1. The van der Waals surface area contributed by atoms with Crippen LogP contribution in [0.1, 0.15) is 44.4 Å². The molecule has 0 spiro atoms. The average molecular weight is 396 g/mol. The molecule has 0 saturated heterocycles. The first-order valence-electron chi connectivity index (χ1n) is 7.27. The molecular formula is C14H22BrNO3S2. The molecule has 1 heterocycles. The topological polar surface area (TPSA) is 57.6 Å². The first kappa shape index (κ1) is 17.4. The average Bonchev–Trinajstić information content (AvgIpc) is 3.04. The maximum Gasteiger partial charge on any atom is 0.245 e. The van der Waals surface area contributed by atoms with Crippen molar-refractivity contribution in [3.8, 4) is 0 Å². The Hall–Kier alpha value is 0.0500. The minimum Gasteiger partial charge on any atom is -0.391 e. The summed E-state index contributed by atoms with van der Waals surface area (Å²) in [5, 5.41) is 9.22.